The molecule has 0 amide bonds. The number of thiophene rings is 1. The zero-order valence-corrected chi connectivity index (χ0v) is 13.9. The first-order valence-corrected chi connectivity index (χ1v) is 8.08. The molecule has 3 rings (SSSR count). The highest BCUT2D eigenvalue weighted by molar-refractivity contribution is 7.13. The average molecular weight is 328 g/mol. The maximum absolute atomic E-state index is 12.2. The number of aryl methyl sites for hydroxylation is 2. The number of carbonyl (C=O) groups excluding carboxylic acids is 1. The number of hydrogen-bond donors (Lipinski definition) is 0. The third-order valence-corrected chi connectivity index (χ3v) is 4.40. The monoisotopic (exact) mass is 328 g/mol. The van der Waals surface area contributed by atoms with E-state index in [2.05, 4.69) is 10.2 Å². The SMILES string of the molecule is Cc1ccc(C(=O)O[C@@H](C)c2nnc(-c3cccs3)o2)cc1C. The van der Waals surface area contributed by atoms with Crippen molar-refractivity contribution in [2.24, 2.45) is 0 Å². The number of nitrogens with zero attached hydrogens (tertiary/aromatic N) is 2. The minimum atomic E-state index is -0.606. The summed E-state index contributed by atoms with van der Waals surface area (Å²) in [5.41, 5.74) is 2.69. The Labute approximate surface area is 137 Å². The van der Waals surface area contributed by atoms with Gasteiger partial charge in [0.1, 0.15) is 0 Å². The van der Waals surface area contributed by atoms with Crippen molar-refractivity contribution >= 4 is 17.3 Å². The molecule has 0 radical (unpaired) electrons. The molecule has 0 saturated carbocycles. The normalized spacial score (nSPS) is 12.1. The van der Waals surface area contributed by atoms with E-state index >= 15 is 0 Å². The third-order valence-electron chi connectivity index (χ3n) is 3.55. The summed E-state index contributed by atoms with van der Waals surface area (Å²) in [5.74, 6) is 0.311. The van der Waals surface area contributed by atoms with Crippen LogP contribution in [0.4, 0.5) is 0 Å². The summed E-state index contributed by atoms with van der Waals surface area (Å²) in [7, 11) is 0. The molecular formula is C17H16N2O3S. The van der Waals surface area contributed by atoms with Gasteiger partial charge in [0.25, 0.3) is 11.8 Å². The molecular weight excluding hydrogens is 312 g/mol. The van der Waals surface area contributed by atoms with Gasteiger partial charge in [-0.2, -0.15) is 0 Å². The Morgan fingerprint density at radius 1 is 1.22 bits per heavy atom. The first-order chi connectivity index (χ1) is 11.0. The Kier molecular flexibility index (Phi) is 4.25. The van der Waals surface area contributed by atoms with Crippen LogP contribution in [0.1, 0.15) is 40.4 Å². The summed E-state index contributed by atoms with van der Waals surface area (Å²) < 4.78 is 11.0. The van der Waals surface area contributed by atoms with Gasteiger partial charge >= 0.3 is 5.97 Å². The van der Waals surface area contributed by atoms with Crippen molar-refractivity contribution in [1.82, 2.24) is 10.2 Å². The predicted molar refractivity (Wildman–Crippen MR) is 87.4 cm³/mol. The van der Waals surface area contributed by atoms with Gasteiger partial charge in [-0.3, -0.25) is 0 Å². The second-order valence-corrected chi connectivity index (χ2v) is 6.22. The highest BCUT2D eigenvalue weighted by atomic mass is 32.1. The Morgan fingerprint density at radius 3 is 2.74 bits per heavy atom. The van der Waals surface area contributed by atoms with Crippen molar-refractivity contribution in [1.29, 1.82) is 0 Å². The van der Waals surface area contributed by atoms with Crippen molar-refractivity contribution in [2.75, 3.05) is 0 Å². The van der Waals surface area contributed by atoms with Gasteiger partial charge in [-0.05, 0) is 55.5 Å². The van der Waals surface area contributed by atoms with Gasteiger partial charge in [0.2, 0.25) is 0 Å². The molecule has 2 aromatic heterocycles. The third kappa shape index (κ3) is 3.32. The minimum absolute atomic E-state index is 0.283. The molecule has 0 aliphatic rings. The second kappa shape index (κ2) is 6.34. The molecule has 0 saturated heterocycles. The van der Waals surface area contributed by atoms with Crippen molar-refractivity contribution < 1.29 is 13.9 Å². The zero-order valence-electron chi connectivity index (χ0n) is 13.1. The number of hydrogen-bond acceptors (Lipinski definition) is 6. The Hall–Kier alpha value is -2.47. The first kappa shape index (κ1) is 15.4. The molecule has 23 heavy (non-hydrogen) atoms. The molecule has 2 heterocycles. The van der Waals surface area contributed by atoms with Crippen molar-refractivity contribution in [3.63, 3.8) is 0 Å². The molecule has 0 fully saturated rings. The molecule has 118 valence electrons. The lowest BCUT2D eigenvalue weighted by molar-refractivity contribution is 0.0280. The molecule has 0 aliphatic carbocycles. The number of benzene rings is 1. The lowest BCUT2D eigenvalue weighted by atomic mass is 10.1. The number of aromatic nitrogens is 2. The molecule has 0 aliphatic heterocycles. The van der Waals surface area contributed by atoms with Crippen molar-refractivity contribution in [3.8, 4) is 10.8 Å². The van der Waals surface area contributed by atoms with Crippen LogP contribution in [0, 0.1) is 13.8 Å². The molecule has 0 N–H and O–H groups in total. The molecule has 0 unspecified atom stereocenters. The highest BCUT2D eigenvalue weighted by Crippen LogP contribution is 2.26. The molecule has 1 atom stereocenters. The van der Waals surface area contributed by atoms with Crippen LogP contribution in [0.25, 0.3) is 10.8 Å². The van der Waals surface area contributed by atoms with Gasteiger partial charge in [-0.15, -0.1) is 21.5 Å². The molecule has 6 heteroatoms. The van der Waals surface area contributed by atoms with Crippen LogP contribution in [0.3, 0.4) is 0 Å². The van der Waals surface area contributed by atoms with Gasteiger partial charge in [-0.25, -0.2) is 4.79 Å². The number of rotatable bonds is 4. The molecule has 5 nitrogen and oxygen atoms in total. The van der Waals surface area contributed by atoms with Gasteiger partial charge in [-0.1, -0.05) is 12.1 Å². The topological polar surface area (TPSA) is 65.2 Å². The van der Waals surface area contributed by atoms with E-state index in [1.165, 1.54) is 11.3 Å². The van der Waals surface area contributed by atoms with Crippen LogP contribution in [-0.4, -0.2) is 16.2 Å². The fraction of sp³-hybridized carbons (Fsp3) is 0.235. The highest BCUT2D eigenvalue weighted by Gasteiger charge is 2.20. The van der Waals surface area contributed by atoms with Crippen LogP contribution < -0.4 is 0 Å². The lowest BCUT2D eigenvalue weighted by Gasteiger charge is -2.10. The van der Waals surface area contributed by atoms with Gasteiger partial charge < -0.3 is 9.15 Å². The molecule has 1 aromatic carbocycles. The maximum Gasteiger partial charge on any atom is 0.338 e. The van der Waals surface area contributed by atoms with Crippen molar-refractivity contribution in [3.05, 3.63) is 58.3 Å². The largest absolute Gasteiger partial charge is 0.449 e. The smallest absolute Gasteiger partial charge is 0.338 e. The molecule has 0 bridgehead atoms. The summed E-state index contributed by atoms with van der Waals surface area (Å²) >= 11 is 1.51. The zero-order chi connectivity index (χ0) is 16.4. The summed E-state index contributed by atoms with van der Waals surface area (Å²) in [6.45, 7) is 5.67. The Bertz CT molecular complexity index is 824. The van der Waals surface area contributed by atoms with Crippen LogP contribution >= 0.6 is 11.3 Å². The van der Waals surface area contributed by atoms with Gasteiger partial charge in [0, 0.05) is 0 Å². The van der Waals surface area contributed by atoms with E-state index < -0.39 is 12.1 Å². The minimum Gasteiger partial charge on any atom is -0.449 e. The lowest BCUT2D eigenvalue weighted by Crippen LogP contribution is -2.10. The Morgan fingerprint density at radius 2 is 2.04 bits per heavy atom. The standard InChI is InChI=1S/C17H16N2O3S/c1-10-6-7-13(9-11(10)2)17(20)21-12(3)15-18-19-16(22-15)14-5-4-8-23-14/h4-9,12H,1-3H3/t12-/m0/s1. The maximum atomic E-state index is 12.2. The molecule has 3 aromatic rings. The number of carbonyl (C=O) groups is 1. The van der Waals surface area contributed by atoms with Gasteiger partial charge in [0.15, 0.2) is 6.10 Å². The fourth-order valence-electron chi connectivity index (χ4n) is 2.05. The summed E-state index contributed by atoms with van der Waals surface area (Å²) in [6, 6.07) is 9.27. The fourth-order valence-corrected chi connectivity index (χ4v) is 2.69. The van der Waals surface area contributed by atoms with E-state index in [1.807, 2.05) is 43.5 Å². The van der Waals surface area contributed by atoms with E-state index in [0.29, 0.717) is 11.5 Å². The summed E-state index contributed by atoms with van der Waals surface area (Å²) in [6.07, 6.45) is -0.606. The van der Waals surface area contributed by atoms with Crippen LogP contribution in [0.2, 0.25) is 0 Å². The average Bonchev–Trinajstić information content (AvgIpc) is 3.20. The van der Waals surface area contributed by atoms with E-state index in [1.54, 1.807) is 13.0 Å². The summed E-state index contributed by atoms with van der Waals surface area (Å²) in [5, 5.41) is 9.88. The first-order valence-electron chi connectivity index (χ1n) is 7.20. The van der Waals surface area contributed by atoms with E-state index in [-0.39, 0.29) is 5.89 Å². The van der Waals surface area contributed by atoms with Gasteiger partial charge in [0.05, 0.1) is 10.4 Å². The quantitative estimate of drug-likeness (QED) is 0.667. The van der Waals surface area contributed by atoms with Crippen LogP contribution in [0.5, 0.6) is 0 Å². The second-order valence-electron chi connectivity index (χ2n) is 5.27. The van der Waals surface area contributed by atoms with Crippen LogP contribution in [-0.2, 0) is 4.74 Å². The summed E-state index contributed by atoms with van der Waals surface area (Å²) in [4.78, 5) is 13.1. The predicted octanol–water partition coefficient (Wildman–Crippen LogP) is 4.33. The van der Waals surface area contributed by atoms with Crippen molar-refractivity contribution in [2.45, 2.75) is 26.9 Å². The number of ether oxygens (including phenoxy) is 1. The van der Waals surface area contributed by atoms with E-state index in [4.69, 9.17) is 9.15 Å². The van der Waals surface area contributed by atoms with E-state index in [9.17, 15) is 4.79 Å². The number of esters is 1. The van der Waals surface area contributed by atoms with E-state index in [0.717, 1.165) is 16.0 Å². The van der Waals surface area contributed by atoms with Crippen LogP contribution in [0.15, 0.2) is 40.1 Å². The Balaban J connectivity index is 1.72. The molecule has 0 spiro atoms.